The summed E-state index contributed by atoms with van der Waals surface area (Å²) in [4.78, 5) is 11.7. The molecule has 1 atom stereocenters. The molecule has 2 N–H and O–H groups in total. The van der Waals surface area contributed by atoms with Gasteiger partial charge in [-0.25, -0.2) is 8.42 Å². The molecule has 0 radical (unpaired) electrons. The van der Waals surface area contributed by atoms with Crippen molar-refractivity contribution >= 4 is 15.9 Å². The minimum Gasteiger partial charge on any atom is -0.367 e. The zero-order chi connectivity index (χ0) is 17.5. The van der Waals surface area contributed by atoms with Crippen LogP contribution in [0.1, 0.15) is 27.8 Å². The molecule has 1 heterocycles. The number of primary amides is 1. The van der Waals surface area contributed by atoms with Crippen LogP contribution >= 0.6 is 0 Å². The molecule has 1 aliphatic heterocycles. The highest BCUT2D eigenvalue weighted by Crippen LogP contribution is 2.32. The molecule has 0 bridgehead atoms. The molecule has 6 nitrogen and oxygen atoms in total. The van der Waals surface area contributed by atoms with Crippen molar-refractivity contribution in [2.45, 2.75) is 45.6 Å². The minimum absolute atomic E-state index is 0.0392. The van der Waals surface area contributed by atoms with E-state index < -0.39 is 22.0 Å². The highest BCUT2D eigenvalue weighted by molar-refractivity contribution is 7.89. The number of hydrogen-bond acceptors (Lipinski definition) is 4. The molecular weight excluding hydrogens is 316 g/mol. The number of hydrogen-bond donors (Lipinski definition) is 1. The molecule has 0 aromatic heterocycles. The molecule has 1 fully saturated rings. The fourth-order valence-electron chi connectivity index (χ4n) is 3.00. The van der Waals surface area contributed by atoms with Crippen LogP contribution < -0.4 is 5.73 Å². The maximum absolute atomic E-state index is 13.1. The molecule has 1 amide bonds. The number of sulfonamides is 1. The molecule has 2 rings (SSSR count). The van der Waals surface area contributed by atoms with Crippen molar-refractivity contribution in [1.29, 1.82) is 0 Å². The van der Waals surface area contributed by atoms with Gasteiger partial charge in [0.05, 0.1) is 11.5 Å². The average Bonchev–Trinajstić information content (AvgIpc) is 2.51. The van der Waals surface area contributed by atoms with Gasteiger partial charge in [-0.3, -0.25) is 4.79 Å². The smallest absolute Gasteiger partial charge is 0.247 e. The van der Waals surface area contributed by atoms with E-state index in [1.54, 1.807) is 0 Å². The van der Waals surface area contributed by atoms with Crippen molar-refractivity contribution in [2.75, 3.05) is 19.7 Å². The molecule has 1 aliphatic rings. The first-order chi connectivity index (χ1) is 10.6. The highest BCUT2D eigenvalue weighted by atomic mass is 32.2. The maximum atomic E-state index is 13.1. The van der Waals surface area contributed by atoms with Crippen molar-refractivity contribution in [2.24, 2.45) is 5.73 Å². The van der Waals surface area contributed by atoms with Crippen molar-refractivity contribution in [1.82, 2.24) is 4.31 Å². The number of ether oxygens (including phenoxy) is 1. The number of morpholine rings is 1. The zero-order valence-corrected chi connectivity index (χ0v) is 15.1. The highest BCUT2D eigenvalue weighted by Gasteiger charge is 2.35. The van der Waals surface area contributed by atoms with Crippen molar-refractivity contribution in [3.05, 3.63) is 27.8 Å². The molecule has 1 aromatic carbocycles. The molecule has 1 aromatic rings. The summed E-state index contributed by atoms with van der Waals surface area (Å²) in [5.41, 5.74) is 9.83. The fourth-order valence-corrected chi connectivity index (χ4v) is 4.98. The van der Waals surface area contributed by atoms with Crippen LogP contribution in [0.15, 0.2) is 4.90 Å². The van der Waals surface area contributed by atoms with Gasteiger partial charge in [-0.2, -0.15) is 4.31 Å². The Bertz CT molecular complexity index is 727. The predicted octanol–water partition coefficient (Wildman–Crippen LogP) is 1.10. The van der Waals surface area contributed by atoms with Gasteiger partial charge in [0.1, 0.15) is 6.10 Å². The van der Waals surface area contributed by atoms with E-state index >= 15 is 0 Å². The summed E-state index contributed by atoms with van der Waals surface area (Å²) in [6, 6.07) is 0. The zero-order valence-electron chi connectivity index (χ0n) is 14.3. The Morgan fingerprint density at radius 2 is 1.52 bits per heavy atom. The molecule has 0 unspecified atom stereocenters. The Hall–Kier alpha value is -1.44. The third-order valence-corrected chi connectivity index (χ3v) is 7.02. The van der Waals surface area contributed by atoms with Crippen LogP contribution in [0.5, 0.6) is 0 Å². The van der Waals surface area contributed by atoms with E-state index in [1.807, 2.05) is 34.6 Å². The second-order valence-electron chi connectivity index (χ2n) is 6.08. The first-order valence-electron chi connectivity index (χ1n) is 7.57. The number of amides is 1. The molecule has 0 spiro atoms. The van der Waals surface area contributed by atoms with Gasteiger partial charge in [-0.1, -0.05) is 0 Å². The molecular formula is C16H24N2O4S. The third-order valence-electron chi connectivity index (χ3n) is 4.88. The first kappa shape index (κ1) is 17.9. The first-order valence-corrected chi connectivity index (χ1v) is 9.01. The lowest BCUT2D eigenvalue weighted by Gasteiger charge is -2.32. The summed E-state index contributed by atoms with van der Waals surface area (Å²) in [6.07, 6.45) is -0.897. The number of nitrogens with two attached hydrogens (primary N) is 1. The van der Waals surface area contributed by atoms with E-state index in [0.29, 0.717) is 4.90 Å². The Labute approximate surface area is 137 Å². The van der Waals surface area contributed by atoms with E-state index in [4.69, 9.17) is 10.5 Å². The van der Waals surface area contributed by atoms with Gasteiger partial charge in [0.15, 0.2) is 0 Å². The molecule has 1 saturated heterocycles. The van der Waals surface area contributed by atoms with Crippen molar-refractivity contribution < 1.29 is 17.9 Å². The second-order valence-corrected chi connectivity index (χ2v) is 7.95. The van der Waals surface area contributed by atoms with Crippen molar-refractivity contribution in [3.8, 4) is 0 Å². The number of nitrogens with zero attached hydrogens (tertiary/aromatic N) is 1. The Morgan fingerprint density at radius 1 is 1.04 bits per heavy atom. The van der Waals surface area contributed by atoms with Gasteiger partial charge in [0.25, 0.3) is 0 Å². The van der Waals surface area contributed by atoms with Gasteiger partial charge in [-0.05, 0) is 62.4 Å². The van der Waals surface area contributed by atoms with Crippen LogP contribution in [0.25, 0.3) is 0 Å². The van der Waals surface area contributed by atoms with Gasteiger partial charge in [0.2, 0.25) is 15.9 Å². The van der Waals surface area contributed by atoms with E-state index in [9.17, 15) is 13.2 Å². The van der Waals surface area contributed by atoms with E-state index in [-0.39, 0.29) is 19.7 Å². The molecule has 0 saturated carbocycles. The SMILES string of the molecule is Cc1c(C)c(C)c(S(=O)(=O)N2CCO[C@@H](C(N)=O)C2)c(C)c1C. The van der Waals surface area contributed by atoms with Crippen LogP contribution in [0.2, 0.25) is 0 Å². The van der Waals surface area contributed by atoms with Gasteiger partial charge < -0.3 is 10.5 Å². The molecule has 128 valence electrons. The number of carbonyl (C=O) groups excluding carboxylic acids is 1. The average molecular weight is 340 g/mol. The third kappa shape index (κ3) is 3.00. The summed E-state index contributed by atoms with van der Waals surface area (Å²) >= 11 is 0. The van der Waals surface area contributed by atoms with Gasteiger partial charge >= 0.3 is 0 Å². The summed E-state index contributed by atoms with van der Waals surface area (Å²) in [6.45, 7) is 9.86. The number of benzene rings is 1. The lowest BCUT2D eigenvalue weighted by atomic mass is 9.95. The van der Waals surface area contributed by atoms with E-state index in [2.05, 4.69) is 0 Å². The van der Waals surface area contributed by atoms with Crippen molar-refractivity contribution in [3.63, 3.8) is 0 Å². The van der Waals surface area contributed by atoms with Crippen LogP contribution in [-0.4, -0.2) is 44.4 Å². The van der Waals surface area contributed by atoms with Crippen LogP contribution in [0, 0.1) is 34.6 Å². The molecule has 7 heteroatoms. The predicted molar refractivity (Wildman–Crippen MR) is 87.8 cm³/mol. The number of rotatable bonds is 3. The lowest BCUT2D eigenvalue weighted by Crippen LogP contribution is -2.50. The maximum Gasteiger partial charge on any atom is 0.247 e. The van der Waals surface area contributed by atoms with Gasteiger partial charge in [-0.15, -0.1) is 0 Å². The Balaban J connectivity index is 2.55. The monoisotopic (exact) mass is 340 g/mol. The quantitative estimate of drug-likeness (QED) is 0.892. The van der Waals surface area contributed by atoms with Crippen LogP contribution in [0.3, 0.4) is 0 Å². The largest absolute Gasteiger partial charge is 0.367 e. The molecule has 23 heavy (non-hydrogen) atoms. The Kier molecular flexibility index (Phi) is 4.84. The summed E-state index contributed by atoms with van der Waals surface area (Å²) in [5, 5.41) is 0. The Morgan fingerprint density at radius 3 is 2.00 bits per heavy atom. The summed E-state index contributed by atoms with van der Waals surface area (Å²) in [7, 11) is -3.71. The van der Waals surface area contributed by atoms with Gasteiger partial charge in [0, 0.05) is 13.1 Å². The van der Waals surface area contributed by atoms with E-state index in [0.717, 1.165) is 27.8 Å². The number of carbonyl (C=O) groups is 1. The normalized spacial score (nSPS) is 19.8. The second kappa shape index (κ2) is 6.22. The van der Waals surface area contributed by atoms with Crippen LogP contribution in [0.4, 0.5) is 0 Å². The fraction of sp³-hybridized carbons (Fsp3) is 0.562. The summed E-state index contributed by atoms with van der Waals surface area (Å²) < 4.78 is 32.8. The minimum atomic E-state index is -3.71. The topological polar surface area (TPSA) is 89.7 Å². The standard InChI is InChI=1S/C16H24N2O4S/c1-9-10(2)12(4)15(13(5)11(9)3)23(20,21)18-6-7-22-14(8-18)16(17)19/h14H,6-8H2,1-5H3,(H2,17,19)/t14-/m1/s1. The summed E-state index contributed by atoms with van der Waals surface area (Å²) in [5.74, 6) is -0.644. The lowest BCUT2D eigenvalue weighted by molar-refractivity contribution is -0.132. The van der Waals surface area contributed by atoms with E-state index in [1.165, 1.54) is 4.31 Å². The molecule has 0 aliphatic carbocycles. The van der Waals surface area contributed by atoms with Crippen LogP contribution in [-0.2, 0) is 19.6 Å².